The normalized spacial score (nSPS) is 16.8. The third-order valence-electron chi connectivity index (χ3n) is 6.73. The third-order valence-corrected chi connectivity index (χ3v) is 6.96. The van der Waals surface area contributed by atoms with E-state index in [1.807, 2.05) is 31.2 Å². The van der Waals surface area contributed by atoms with Crippen molar-refractivity contribution in [3.63, 3.8) is 0 Å². The summed E-state index contributed by atoms with van der Waals surface area (Å²) in [5.74, 6) is -0.931. The minimum atomic E-state index is -0.532. The highest BCUT2D eigenvalue weighted by atomic mass is 35.5. The molecule has 0 saturated heterocycles. The molecule has 2 atom stereocenters. The number of benzene rings is 3. The Morgan fingerprint density at radius 1 is 1.03 bits per heavy atom. The molecule has 0 fully saturated rings. The van der Waals surface area contributed by atoms with Gasteiger partial charge in [0.2, 0.25) is 0 Å². The molecule has 1 aliphatic heterocycles. The summed E-state index contributed by atoms with van der Waals surface area (Å²) in [5, 5.41) is 3.41. The number of ether oxygens (including phenoxy) is 2. The zero-order valence-electron chi connectivity index (χ0n) is 21.7. The van der Waals surface area contributed by atoms with Crippen LogP contribution in [0.1, 0.15) is 63.9 Å². The van der Waals surface area contributed by atoms with E-state index in [1.165, 1.54) is 0 Å². The number of esters is 1. The van der Waals surface area contributed by atoms with E-state index < -0.39 is 6.23 Å². The monoisotopic (exact) mass is 534 g/mol. The maximum atomic E-state index is 13.8. The Kier molecular flexibility index (Phi) is 8.81. The van der Waals surface area contributed by atoms with Crippen LogP contribution in [-0.4, -0.2) is 37.7 Å². The maximum Gasteiger partial charge on any atom is 0.306 e. The molecule has 0 radical (unpaired) electrons. The predicted molar refractivity (Wildman–Crippen MR) is 148 cm³/mol. The molecule has 4 rings (SSSR count). The summed E-state index contributed by atoms with van der Waals surface area (Å²) >= 11 is 6.34. The van der Waals surface area contributed by atoms with Crippen molar-refractivity contribution in [1.29, 1.82) is 0 Å². The fourth-order valence-electron chi connectivity index (χ4n) is 4.81. The van der Waals surface area contributed by atoms with Crippen molar-refractivity contribution >= 4 is 40.8 Å². The average molecular weight is 535 g/mol. The van der Waals surface area contributed by atoms with Crippen LogP contribution >= 0.6 is 11.6 Å². The lowest BCUT2D eigenvalue weighted by Gasteiger charge is -2.30. The Labute approximate surface area is 227 Å². The quantitative estimate of drug-likeness (QED) is 0.357. The van der Waals surface area contributed by atoms with Crippen LogP contribution in [0.25, 0.3) is 0 Å². The van der Waals surface area contributed by atoms with E-state index in [0.717, 1.165) is 11.1 Å². The van der Waals surface area contributed by atoms with Gasteiger partial charge >= 0.3 is 5.97 Å². The molecule has 7 nitrogen and oxygen atoms in total. The number of methoxy groups -OCH3 is 1. The number of nitrogens with zero attached hydrogens (tertiary/aromatic N) is 1. The largest absolute Gasteiger partial charge is 0.466 e. The molecular weight excluding hydrogens is 504 g/mol. The highest BCUT2D eigenvalue weighted by molar-refractivity contribution is 6.30. The summed E-state index contributed by atoms with van der Waals surface area (Å²) < 4.78 is 10.9. The van der Waals surface area contributed by atoms with Crippen molar-refractivity contribution in [3.8, 4) is 0 Å². The molecule has 2 unspecified atom stereocenters. The van der Waals surface area contributed by atoms with E-state index >= 15 is 0 Å². The molecule has 3 aromatic carbocycles. The Balaban J connectivity index is 1.61. The first-order valence-corrected chi connectivity index (χ1v) is 13.0. The minimum Gasteiger partial charge on any atom is -0.466 e. The summed E-state index contributed by atoms with van der Waals surface area (Å²) in [6.07, 6.45) is 0.811. The van der Waals surface area contributed by atoms with Gasteiger partial charge in [-0.3, -0.25) is 19.3 Å². The molecule has 0 spiro atoms. The van der Waals surface area contributed by atoms with Crippen molar-refractivity contribution in [2.75, 3.05) is 23.9 Å². The molecule has 198 valence electrons. The first-order valence-electron chi connectivity index (χ1n) is 12.6. The standard InChI is InChI=1S/C30H31ClN2O5/c1-4-38-28(34)17-21-11-16-27(37-3)33(26-15-12-22(31)18-25(21)26)30(36)20-9-13-23(14-10-20)32-29(35)24-8-6-5-7-19(24)2/h5-10,12-15,18,21,27H,4,11,16-17H2,1-3H3,(H,32,35). The van der Waals surface area contributed by atoms with Crippen LogP contribution in [0.15, 0.2) is 66.7 Å². The van der Waals surface area contributed by atoms with Gasteiger partial charge < -0.3 is 14.8 Å². The molecule has 1 heterocycles. The number of carbonyl (C=O) groups is 3. The molecule has 2 amide bonds. The highest BCUT2D eigenvalue weighted by Gasteiger charge is 2.35. The number of rotatable bonds is 7. The predicted octanol–water partition coefficient (Wildman–Crippen LogP) is 6.35. The molecule has 0 aliphatic carbocycles. The number of hydrogen-bond donors (Lipinski definition) is 1. The van der Waals surface area contributed by atoms with Crippen molar-refractivity contribution < 1.29 is 23.9 Å². The van der Waals surface area contributed by atoms with Crippen LogP contribution in [-0.2, 0) is 14.3 Å². The average Bonchev–Trinajstić information content (AvgIpc) is 3.05. The second kappa shape index (κ2) is 12.2. The van der Waals surface area contributed by atoms with Gasteiger partial charge in [-0.1, -0.05) is 29.8 Å². The molecule has 0 saturated carbocycles. The molecule has 8 heteroatoms. The molecule has 0 aromatic heterocycles. The second-order valence-electron chi connectivity index (χ2n) is 9.20. The number of amides is 2. The maximum absolute atomic E-state index is 13.8. The SMILES string of the molecule is CCOC(=O)CC1CCC(OC)N(C(=O)c2ccc(NC(=O)c3ccccc3C)cc2)c2ccc(Cl)cc21. The van der Waals surface area contributed by atoms with Crippen molar-refractivity contribution in [3.05, 3.63) is 94.0 Å². The van der Waals surface area contributed by atoms with Gasteiger partial charge in [0.15, 0.2) is 0 Å². The number of fused-ring (bicyclic) bond motifs is 1. The lowest BCUT2D eigenvalue weighted by molar-refractivity contribution is -0.143. The number of hydrogen-bond acceptors (Lipinski definition) is 5. The smallest absolute Gasteiger partial charge is 0.306 e. The van der Waals surface area contributed by atoms with E-state index in [0.29, 0.717) is 47.0 Å². The van der Waals surface area contributed by atoms with Crippen molar-refractivity contribution in [2.45, 2.75) is 45.3 Å². The van der Waals surface area contributed by atoms with E-state index in [2.05, 4.69) is 5.32 Å². The molecule has 1 aliphatic rings. The highest BCUT2D eigenvalue weighted by Crippen LogP contribution is 2.41. The number of anilines is 2. The lowest BCUT2D eigenvalue weighted by Crippen LogP contribution is -2.41. The fourth-order valence-corrected chi connectivity index (χ4v) is 4.99. The van der Waals surface area contributed by atoms with E-state index in [9.17, 15) is 14.4 Å². The Morgan fingerprint density at radius 2 is 1.76 bits per heavy atom. The Morgan fingerprint density at radius 3 is 2.45 bits per heavy atom. The molecule has 1 N–H and O–H groups in total. The van der Waals surface area contributed by atoms with Gasteiger partial charge in [-0.25, -0.2) is 0 Å². The van der Waals surface area contributed by atoms with E-state index in [1.54, 1.807) is 61.4 Å². The third kappa shape index (κ3) is 6.06. The summed E-state index contributed by atoms with van der Waals surface area (Å²) in [6.45, 7) is 3.96. The van der Waals surface area contributed by atoms with Crippen molar-refractivity contribution in [1.82, 2.24) is 0 Å². The van der Waals surface area contributed by atoms with Gasteiger partial charge in [0, 0.05) is 28.9 Å². The van der Waals surface area contributed by atoms with Crippen LogP contribution in [0.5, 0.6) is 0 Å². The first-order chi connectivity index (χ1) is 18.3. The van der Waals surface area contributed by atoms with Gasteiger partial charge in [0.1, 0.15) is 6.23 Å². The van der Waals surface area contributed by atoms with Crippen LogP contribution in [0.3, 0.4) is 0 Å². The summed E-state index contributed by atoms with van der Waals surface area (Å²) in [4.78, 5) is 40.5. The zero-order valence-corrected chi connectivity index (χ0v) is 22.5. The van der Waals surface area contributed by atoms with Crippen LogP contribution < -0.4 is 10.2 Å². The first kappa shape index (κ1) is 27.4. The number of aryl methyl sites for hydroxylation is 1. The summed E-state index contributed by atoms with van der Waals surface area (Å²) in [6, 6.07) is 19.4. The van der Waals surface area contributed by atoms with Gasteiger partial charge in [-0.15, -0.1) is 0 Å². The van der Waals surface area contributed by atoms with Crippen LogP contribution in [0, 0.1) is 6.92 Å². The number of nitrogens with one attached hydrogen (secondary N) is 1. The van der Waals surface area contributed by atoms with Crippen LogP contribution in [0.4, 0.5) is 11.4 Å². The Bertz CT molecular complexity index is 1320. The number of carbonyl (C=O) groups excluding carboxylic acids is 3. The Hall–Kier alpha value is -3.68. The second-order valence-corrected chi connectivity index (χ2v) is 9.63. The van der Waals surface area contributed by atoms with Gasteiger partial charge in [0.25, 0.3) is 11.8 Å². The minimum absolute atomic E-state index is 0.169. The molecule has 38 heavy (non-hydrogen) atoms. The topological polar surface area (TPSA) is 84.9 Å². The van der Waals surface area contributed by atoms with Gasteiger partial charge in [0.05, 0.1) is 18.7 Å². The number of halogens is 1. The van der Waals surface area contributed by atoms with E-state index in [4.69, 9.17) is 21.1 Å². The van der Waals surface area contributed by atoms with Gasteiger partial charge in [-0.05, 0) is 92.3 Å². The van der Waals surface area contributed by atoms with Crippen molar-refractivity contribution in [2.24, 2.45) is 0 Å². The summed E-state index contributed by atoms with van der Waals surface area (Å²) in [5.41, 5.74) is 3.94. The fraction of sp³-hybridized carbons (Fsp3) is 0.300. The summed E-state index contributed by atoms with van der Waals surface area (Å²) in [7, 11) is 1.57. The van der Waals surface area contributed by atoms with Gasteiger partial charge in [-0.2, -0.15) is 0 Å². The molecule has 0 bridgehead atoms. The molecule has 3 aromatic rings. The zero-order chi connectivity index (χ0) is 27.2. The van der Waals surface area contributed by atoms with Crippen LogP contribution in [0.2, 0.25) is 5.02 Å². The lowest BCUT2D eigenvalue weighted by atomic mass is 9.91. The molecular formula is C30H31ClN2O5. The van der Waals surface area contributed by atoms with E-state index in [-0.39, 0.29) is 30.1 Å².